The molecule has 1 aliphatic rings. The molecular formula is C15H26N4O2. The smallest absolute Gasteiger partial charge is 0.254 e. The Bertz CT molecular complexity index is 455. The van der Waals surface area contributed by atoms with E-state index in [-0.39, 0.29) is 5.91 Å². The van der Waals surface area contributed by atoms with Crippen LogP contribution in [0.25, 0.3) is 0 Å². The number of amides is 1. The van der Waals surface area contributed by atoms with Crippen molar-refractivity contribution in [1.82, 2.24) is 15.1 Å². The van der Waals surface area contributed by atoms with Crippen LogP contribution in [0.4, 0.5) is 0 Å². The van der Waals surface area contributed by atoms with E-state index in [9.17, 15) is 4.79 Å². The first kappa shape index (κ1) is 16.0. The summed E-state index contributed by atoms with van der Waals surface area (Å²) in [6.07, 6.45) is 5.96. The molecule has 1 aliphatic carbocycles. The molecule has 0 unspecified atom stereocenters. The highest BCUT2D eigenvalue weighted by Gasteiger charge is 2.20. The predicted molar refractivity (Wildman–Crippen MR) is 81.1 cm³/mol. The number of ether oxygens (including phenoxy) is 1. The maximum Gasteiger partial charge on any atom is 0.254 e. The monoisotopic (exact) mass is 294 g/mol. The molecule has 0 spiro atoms. The number of rotatable bonds is 10. The van der Waals surface area contributed by atoms with Gasteiger partial charge in [-0.2, -0.15) is 5.10 Å². The quantitative estimate of drug-likeness (QED) is 0.633. The number of hydrogen-bond acceptors (Lipinski definition) is 4. The van der Waals surface area contributed by atoms with Crippen molar-refractivity contribution >= 4 is 5.91 Å². The molecule has 0 atom stereocenters. The molecule has 1 aromatic heterocycles. The molecule has 1 aromatic rings. The lowest BCUT2D eigenvalue weighted by molar-refractivity contribution is 0.0936. The van der Waals surface area contributed by atoms with E-state index in [1.54, 1.807) is 6.20 Å². The molecule has 2 rings (SSSR count). The highest BCUT2D eigenvalue weighted by Crippen LogP contribution is 2.28. The molecule has 1 fully saturated rings. The van der Waals surface area contributed by atoms with Crippen molar-refractivity contribution in [2.24, 2.45) is 11.7 Å². The van der Waals surface area contributed by atoms with Crippen LogP contribution >= 0.6 is 0 Å². The molecule has 1 amide bonds. The average Bonchev–Trinajstić information content (AvgIpc) is 3.23. The Labute approximate surface area is 126 Å². The number of carbonyl (C=O) groups excluding carboxylic acids is 1. The average molecular weight is 294 g/mol. The summed E-state index contributed by atoms with van der Waals surface area (Å²) >= 11 is 0. The second-order valence-electron chi connectivity index (χ2n) is 5.64. The lowest BCUT2D eigenvalue weighted by Gasteiger charge is -2.06. The van der Waals surface area contributed by atoms with Gasteiger partial charge in [-0.05, 0) is 45.1 Å². The van der Waals surface area contributed by atoms with E-state index in [0.717, 1.165) is 37.6 Å². The van der Waals surface area contributed by atoms with Gasteiger partial charge in [0.05, 0.1) is 11.8 Å². The van der Waals surface area contributed by atoms with Gasteiger partial charge in [0, 0.05) is 32.0 Å². The Balaban J connectivity index is 1.66. The molecule has 0 bridgehead atoms. The van der Waals surface area contributed by atoms with E-state index < -0.39 is 0 Å². The minimum atomic E-state index is -0.0614. The SMILES string of the molecule is Cc1c(C(=O)NCCCOCC2CC2)cnn1CCCN. The Kier molecular flexibility index (Phi) is 6.20. The van der Waals surface area contributed by atoms with Gasteiger partial charge in [0.15, 0.2) is 0 Å². The fourth-order valence-electron chi connectivity index (χ4n) is 2.14. The van der Waals surface area contributed by atoms with Crippen LogP contribution in [0.3, 0.4) is 0 Å². The number of aromatic nitrogens is 2. The second-order valence-corrected chi connectivity index (χ2v) is 5.64. The van der Waals surface area contributed by atoms with Crippen LogP contribution in [0, 0.1) is 12.8 Å². The van der Waals surface area contributed by atoms with Crippen molar-refractivity contribution in [2.75, 3.05) is 26.3 Å². The predicted octanol–water partition coefficient (Wildman–Crippen LogP) is 1.09. The molecule has 21 heavy (non-hydrogen) atoms. The van der Waals surface area contributed by atoms with E-state index in [1.165, 1.54) is 12.8 Å². The fourth-order valence-corrected chi connectivity index (χ4v) is 2.14. The summed E-state index contributed by atoms with van der Waals surface area (Å²) in [5, 5.41) is 7.15. The first-order chi connectivity index (χ1) is 10.2. The van der Waals surface area contributed by atoms with Crippen molar-refractivity contribution < 1.29 is 9.53 Å². The van der Waals surface area contributed by atoms with Gasteiger partial charge in [-0.15, -0.1) is 0 Å². The van der Waals surface area contributed by atoms with Crippen molar-refractivity contribution in [2.45, 2.75) is 39.2 Å². The number of nitrogens with one attached hydrogen (secondary N) is 1. The fraction of sp³-hybridized carbons (Fsp3) is 0.733. The topological polar surface area (TPSA) is 82.2 Å². The third-order valence-corrected chi connectivity index (χ3v) is 3.72. The third-order valence-electron chi connectivity index (χ3n) is 3.72. The van der Waals surface area contributed by atoms with Gasteiger partial charge in [-0.25, -0.2) is 0 Å². The Hall–Kier alpha value is -1.40. The molecule has 0 aromatic carbocycles. The van der Waals surface area contributed by atoms with Gasteiger partial charge >= 0.3 is 0 Å². The summed E-state index contributed by atoms with van der Waals surface area (Å²) in [4.78, 5) is 12.1. The number of hydrogen-bond donors (Lipinski definition) is 2. The van der Waals surface area contributed by atoms with Crippen LogP contribution in [-0.2, 0) is 11.3 Å². The standard InChI is InChI=1S/C15H26N4O2/c1-12-14(10-18-19(12)8-2-6-16)15(20)17-7-3-9-21-11-13-4-5-13/h10,13H,2-9,11,16H2,1H3,(H,17,20). The lowest BCUT2D eigenvalue weighted by atomic mass is 10.2. The van der Waals surface area contributed by atoms with Gasteiger partial charge in [-0.1, -0.05) is 0 Å². The first-order valence-corrected chi connectivity index (χ1v) is 7.80. The lowest BCUT2D eigenvalue weighted by Crippen LogP contribution is -2.25. The minimum Gasteiger partial charge on any atom is -0.381 e. The van der Waals surface area contributed by atoms with Crippen molar-refractivity contribution in [3.8, 4) is 0 Å². The number of aryl methyl sites for hydroxylation is 1. The van der Waals surface area contributed by atoms with Crippen LogP contribution < -0.4 is 11.1 Å². The summed E-state index contributed by atoms with van der Waals surface area (Å²) in [6, 6.07) is 0. The van der Waals surface area contributed by atoms with E-state index in [1.807, 2.05) is 11.6 Å². The number of carbonyl (C=O) groups is 1. The zero-order valence-electron chi connectivity index (χ0n) is 12.8. The molecule has 1 saturated carbocycles. The zero-order valence-corrected chi connectivity index (χ0v) is 12.8. The molecular weight excluding hydrogens is 268 g/mol. The molecule has 0 saturated heterocycles. The van der Waals surface area contributed by atoms with Gasteiger partial charge in [0.25, 0.3) is 5.91 Å². The van der Waals surface area contributed by atoms with E-state index >= 15 is 0 Å². The molecule has 118 valence electrons. The number of nitrogens with zero attached hydrogens (tertiary/aromatic N) is 2. The second kappa shape index (κ2) is 8.14. The highest BCUT2D eigenvalue weighted by atomic mass is 16.5. The van der Waals surface area contributed by atoms with Crippen LogP contribution in [0.2, 0.25) is 0 Å². The molecule has 0 aliphatic heterocycles. The van der Waals surface area contributed by atoms with Crippen LogP contribution in [0.15, 0.2) is 6.20 Å². The van der Waals surface area contributed by atoms with Crippen molar-refractivity contribution in [1.29, 1.82) is 0 Å². The molecule has 3 N–H and O–H groups in total. The minimum absolute atomic E-state index is 0.0614. The van der Waals surface area contributed by atoms with Gasteiger partial charge in [0.2, 0.25) is 0 Å². The Morgan fingerprint density at radius 1 is 1.52 bits per heavy atom. The largest absolute Gasteiger partial charge is 0.381 e. The van der Waals surface area contributed by atoms with Crippen molar-refractivity contribution in [3.63, 3.8) is 0 Å². The normalized spacial score (nSPS) is 14.4. The molecule has 0 radical (unpaired) electrons. The maximum absolute atomic E-state index is 12.1. The third kappa shape index (κ3) is 5.13. The Morgan fingerprint density at radius 3 is 3.05 bits per heavy atom. The number of nitrogens with two attached hydrogens (primary N) is 1. The van der Waals surface area contributed by atoms with Crippen LogP contribution in [0.5, 0.6) is 0 Å². The van der Waals surface area contributed by atoms with Gasteiger partial charge in [0.1, 0.15) is 0 Å². The summed E-state index contributed by atoms with van der Waals surface area (Å²) in [5.41, 5.74) is 7.03. The molecule has 6 nitrogen and oxygen atoms in total. The van der Waals surface area contributed by atoms with Crippen molar-refractivity contribution in [3.05, 3.63) is 17.5 Å². The summed E-state index contributed by atoms with van der Waals surface area (Å²) < 4.78 is 7.37. The van der Waals surface area contributed by atoms with Crippen LogP contribution in [-0.4, -0.2) is 42.0 Å². The van der Waals surface area contributed by atoms with Gasteiger partial charge < -0.3 is 15.8 Å². The highest BCUT2D eigenvalue weighted by molar-refractivity contribution is 5.94. The first-order valence-electron chi connectivity index (χ1n) is 7.80. The summed E-state index contributed by atoms with van der Waals surface area (Å²) in [6.45, 7) is 5.52. The Morgan fingerprint density at radius 2 is 2.33 bits per heavy atom. The molecule has 6 heteroatoms. The molecule has 1 heterocycles. The van der Waals surface area contributed by atoms with E-state index in [4.69, 9.17) is 10.5 Å². The van der Waals surface area contributed by atoms with E-state index in [0.29, 0.717) is 25.3 Å². The summed E-state index contributed by atoms with van der Waals surface area (Å²) in [5.74, 6) is 0.732. The maximum atomic E-state index is 12.1. The summed E-state index contributed by atoms with van der Waals surface area (Å²) in [7, 11) is 0. The zero-order chi connectivity index (χ0) is 15.1. The van der Waals surface area contributed by atoms with E-state index in [2.05, 4.69) is 10.4 Å². The van der Waals surface area contributed by atoms with Gasteiger partial charge in [-0.3, -0.25) is 9.48 Å². The van der Waals surface area contributed by atoms with Crippen LogP contribution in [0.1, 0.15) is 41.7 Å².